The molecular weight excluding hydrogens is 271 g/mol. The molecule has 98 valence electrons. The highest BCUT2D eigenvalue weighted by Gasteiger charge is 2.93. The molecule has 1 heterocycles. The van der Waals surface area contributed by atoms with E-state index in [1.807, 2.05) is 0 Å². The number of rotatable bonds is 2. The van der Waals surface area contributed by atoms with Crippen LogP contribution in [0.25, 0.3) is 0 Å². The number of methoxy groups -OCH3 is 2. The van der Waals surface area contributed by atoms with E-state index in [2.05, 4.69) is 0 Å². The van der Waals surface area contributed by atoms with E-state index in [0.29, 0.717) is 6.42 Å². The molecule has 0 aromatic carbocycles. The van der Waals surface area contributed by atoms with Gasteiger partial charge in [0.2, 0.25) is 11.6 Å². The van der Waals surface area contributed by atoms with Crippen LogP contribution < -0.4 is 0 Å². The van der Waals surface area contributed by atoms with Crippen LogP contribution in [0.2, 0.25) is 0 Å². The summed E-state index contributed by atoms with van der Waals surface area (Å²) in [5.74, 6) is -3.64. The minimum absolute atomic E-state index is 0.222. The first-order chi connectivity index (χ1) is 7.84. The Balaban J connectivity index is 2.28. The maximum absolute atomic E-state index is 10.5. The minimum Gasteiger partial charge on any atom is -0.385 e. The van der Waals surface area contributed by atoms with Crippen LogP contribution in [0.1, 0.15) is 6.42 Å². The number of ether oxygens (including phenoxy) is 3. The highest BCUT2D eigenvalue weighted by Crippen LogP contribution is 2.74. The zero-order chi connectivity index (χ0) is 12.7. The van der Waals surface area contributed by atoms with E-state index in [1.54, 1.807) is 0 Å². The molecule has 0 radical (unpaired) electrons. The van der Waals surface area contributed by atoms with Gasteiger partial charge in [-0.25, -0.2) is 0 Å². The fourth-order valence-electron chi connectivity index (χ4n) is 3.84. The summed E-state index contributed by atoms with van der Waals surface area (Å²) in [7, 11) is 2.79. The standard InChI is InChI=1S/C10H14Cl2O5/c1-15-10(16-2)7(11)3-5-4-17-9(14,6(7)13)8(5,10)12/h5-6,13-14H,3-4H2,1-2H3/t5-,6-,7-,8+,9-/m1/s1. The highest BCUT2D eigenvalue weighted by molar-refractivity contribution is 6.32. The summed E-state index contributed by atoms with van der Waals surface area (Å²) in [6.45, 7) is 0.222. The Morgan fingerprint density at radius 2 is 1.88 bits per heavy atom. The van der Waals surface area contributed by atoms with Gasteiger partial charge in [0, 0.05) is 20.1 Å². The summed E-state index contributed by atoms with van der Waals surface area (Å²) >= 11 is 13.0. The normalized spacial score (nSPS) is 58.9. The van der Waals surface area contributed by atoms with Crippen molar-refractivity contribution in [3.8, 4) is 0 Å². The van der Waals surface area contributed by atoms with Crippen molar-refractivity contribution >= 4 is 23.2 Å². The first-order valence-electron chi connectivity index (χ1n) is 5.36. The Hall–Kier alpha value is 0.380. The van der Waals surface area contributed by atoms with Gasteiger partial charge in [-0.1, -0.05) is 0 Å². The Morgan fingerprint density at radius 1 is 1.29 bits per heavy atom. The van der Waals surface area contributed by atoms with Crippen LogP contribution in [0.15, 0.2) is 0 Å². The first-order valence-corrected chi connectivity index (χ1v) is 6.12. The second-order valence-electron chi connectivity index (χ2n) is 4.91. The summed E-state index contributed by atoms with van der Waals surface area (Å²) < 4.78 is 16.0. The minimum atomic E-state index is -1.94. The molecule has 0 spiro atoms. The van der Waals surface area contributed by atoms with E-state index in [-0.39, 0.29) is 12.5 Å². The molecule has 5 nitrogen and oxygen atoms in total. The predicted molar refractivity (Wildman–Crippen MR) is 58.9 cm³/mol. The fraction of sp³-hybridized carbons (Fsp3) is 1.00. The highest BCUT2D eigenvalue weighted by atomic mass is 35.5. The van der Waals surface area contributed by atoms with E-state index in [0.717, 1.165) is 0 Å². The Morgan fingerprint density at radius 3 is 2.35 bits per heavy atom. The molecule has 2 N–H and O–H groups in total. The van der Waals surface area contributed by atoms with Crippen molar-refractivity contribution in [1.82, 2.24) is 0 Å². The Labute approximate surface area is 109 Å². The van der Waals surface area contributed by atoms with Gasteiger partial charge in [0.1, 0.15) is 11.0 Å². The number of aliphatic hydroxyl groups excluding tert-OH is 1. The molecule has 2 saturated carbocycles. The van der Waals surface area contributed by atoms with Crippen LogP contribution in [-0.2, 0) is 14.2 Å². The van der Waals surface area contributed by atoms with Crippen molar-refractivity contribution in [2.24, 2.45) is 5.92 Å². The third-order valence-electron chi connectivity index (χ3n) is 4.54. The average Bonchev–Trinajstić information content (AvgIpc) is 2.66. The summed E-state index contributed by atoms with van der Waals surface area (Å²) in [4.78, 5) is -2.71. The number of fused-ring (bicyclic) bond motifs is 1. The molecule has 17 heavy (non-hydrogen) atoms. The molecular formula is C10H14Cl2O5. The molecule has 2 bridgehead atoms. The third kappa shape index (κ3) is 0.870. The molecule has 3 fully saturated rings. The molecule has 1 aliphatic heterocycles. The lowest BCUT2D eigenvalue weighted by atomic mass is 9.84. The lowest BCUT2D eigenvalue weighted by Gasteiger charge is -2.40. The smallest absolute Gasteiger partial charge is 0.219 e. The second kappa shape index (κ2) is 3.10. The zero-order valence-electron chi connectivity index (χ0n) is 9.44. The molecule has 0 unspecified atom stereocenters. The predicted octanol–water partition coefficient (Wildman–Crippen LogP) is 0.0439. The first kappa shape index (κ1) is 12.4. The van der Waals surface area contributed by atoms with Gasteiger partial charge in [-0.15, -0.1) is 23.2 Å². The van der Waals surface area contributed by atoms with Crippen LogP contribution in [0, 0.1) is 5.92 Å². The van der Waals surface area contributed by atoms with Crippen molar-refractivity contribution in [2.45, 2.75) is 33.8 Å². The van der Waals surface area contributed by atoms with Crippen molar-refractivity contribution in [3.63, 3.8) is 0 Å². The van der Waals surface area contributed by atoms with Gasteiger partial charge in [-0.05, 0) is 6.42 Å². The quantitative estimate of drug-likeness (QED) is 0.554. The number of hydrogen-bond acceptors (Lipinski definition) is 5. The molecule has 5 atom stereocenters. The molecule has 0 aromatic heterocycles. The maximum Gasteiger partial charge on any atom is 0.219 e. The molecule has 3 rings (SSSR count). The van der Waals surface area contributed by atoms with Crippen LogP contribution in [-0.4, -0.2) is 58.5 Å². The van der Waals surface area contributed by atoms with Crippen LogP contribution in [0.5, 0.6) is 0 Å². The molecule has 2 aliphatic carbocycles. The van der Waals surface area contributed by atoms with Gasteiger partial charge in [-0.2, -0.15) is 0 Å². The van der Waals surface area contributed by atoms with Crippen LogP contribution in [0.3, 0.4) is 0 Å². The summed E-state index contributed by atoms with van der Waals surface area (Å²) in [6, 6.07) is 0. The third-order valence-corrected chi connectivity index (χ3v) is 5.97. The molecule has 7 heteroatoms. The van der Waals surface area contributed by atoms with Crippen molar-refractivity contribution < 1.29 is 24.4 Å². The number of halogens is 2. The van der Waals surface area contributed by atoms with E-state index < -0.39 is 27.4 Å². The number of hydrogen-bond donors (Lipinski definition) is 2. The van der Waals surface area contributed by atoms with Gasteiger partial charge in [0.25, 0.3) is 0 Å². The average molecular weight is 285 g/mol. The molecule has 0 aromatic rings. The van der Waals surface area contributed by atoms with Gasteiger partial charge in [0.15, 0.2) is 4.87 Å². The fourth-order valence-corrected chi connectivity index (χ4v) is 5.15. The molecule has 1 saturated heterocycles. The van der Waals surface area contributed by atoms with Crippen molar-refractivity contribution in [1.29, 1.82) is 0 Å². The number of alkyl halides is 2. The van der Waals surface area contributed by atoms with Crippen LogP contribution >= 0.6 is 23.2 Å². The monoisotopic (exact) mass is 284 g/mol. The van der Waals surface area contributed by atoms with Gasteiger partial charge >= 0.3 is 0 Å². The zero-order valence-corrected chi connectivity index (χ0v) is 11.0. The van der Waals surface area contributed by atoms with E-state index in [1.165, 1.54) is 14.2 Å². The van der Waals surface area contributed by atoms with Gasteiger partial charge < -0.3 is 24.4 Å². The molecule has 0 amide bonds. The topological polar surface area (TPSA) is 68.2 Å². The second-order valence-corrected chi connectivity index (χ2v) is 6.18. The lowest BCUT2D eigenvalue weighted by Crippen LogP contribution is -2.60. The largest absolute Gasteiger partial charge is 0.385 e. The number of aliphatic hydroxyl groups is 2. The van der Waals surface area contributed by atoms with E-state index in [9.17, 15) is 10.2 Å². The van der Waals surface area contributed by atoms with E-state index >= 15 is 0 Å². The maximum atomic E-state index is 10.5. The van der Waals surface area contributed by atoms with Crippen molar-refractivity contribution in [3.05, 3.63) is 0 Å². The molecule has 3 aliphatic rings. The van der Waals surface area contributed by atoms with Gasteiger partial charge in [-0.3, -0.25) is 0 Å². The lowest BCUT2D eigenvalue weighted by molar-refractivity contribution is -0.257. The Kier molecular flexibility index (Phi) is 2.26. The summed E-state index contributed by atoms with van der Waals surface area (Å²) in [5, 5.41) is 20.7. The van der Waals surface area contributed by atoms with Gasteiger partial charge in [0.05, 0.1) is 6.61 Å². The van der Waals surface area contributed by atoms with Crippen molar-refractivity contribution in [2.75, 3.05) is 20.8 Å². The SMILES string of the molecule is COC1(OC)[C@@]2(Cl)C[C@@H]3CO[C@](O)([C@@H]2O)[C@@]31Cl. The van der Waals surface area contributed by atoms with Crippen LogP contribution in [0.4, 0.5) is 0 Å². The summed E-state index contributed by atoms with van der Waals surface area (Å²) in [6.07, 6.45) is -1.00. The Bertz CT molecular complexity index is 376. The van der Waals surface area contributed by atoms with E-state index in [4.69, 9.17) is 37.4 Å². The summed E-state index contributed by atoms with van der Waals surface area (Å²) in [5.41, 5.74) is 0.